The lowest BCUT2D eigenvalue weighted by molar-refractivity contribution is -0.137. The van der Waals surface area contributed by atoms with E-state index in [9.17, 15) is 26.7 Å². The molecule has 0 fully saturated rings. The van der Waals surface area contributed by atoms with E-state index in [2.05, 4.69) is 10.6 Å². The summed E-state index contributed by atoms with van der Waals surface area (Å²) in [6.07, 6.45) is -5.35. The van der Waals surface area contributed by atoms with Crippen LogP contribution >= 0.6 is 0 Å². The van der Waals surface area contributed by atoms with Gasteiger partial charge in [-0.15, -0.1) is 0 Å². The van der Waals surface area contributed by atoms with Gasteiger partial charge in [0.25, 0.3) is 5.91 Å². The monoisotopic (exact) mass is 457 g/mol. The molecule has 0 aliphatic heterocycles. The van der Waals surface area contributed by atoms with Gasteiger partial charge in [0.1, 0.15) is 6.17 Å². The Morgan fingerprint density at radius 3 is 2.31 bits per heavy atom. The maximum Gasteiger partial charge on any atom is 0.416 e. The number of unbranched alkanes of at least 4 members (excludes halogenated alkanes) is 3. The molecule has 0 aliphatic carbocycles. The van der Waals surface area contributed by atoms with Crippen LogP contribution in [0.15, 0.2) is 42.5 Å². The molecule has 0 saturated carbocycles. The van der Waals surface area contributed by atoms with Crippen molar-refractivity contribution in [3.05, 3.63) is 53.6 Å². The van der Waals surface area contributed by atoms with Crippen LogP contribution < -0.4 is 16.4 Å². The van der Waals surface area contributed by atoms with Crippen molar-refractivity contribution in [2.75, 3.05) is 16.4 Å². The van der Waals surface area contributed by atoms with Crippen molar-refractivity contribution in [2.45, 2.75) is 64.1 Å². The molecule has 0 radical (unpaired) electrons. The highest BCUT2D eigenvalue weighted by Gasteiger charge is 2.30. The maximum atomic E-state index is 14.1. The van der Waals surface area contributed by atoms with E-state index in [0.29, 0.717) is 17.7 Å². The molecule has 0 saturated heterocycles. The third kappa shape index (κ3) is 7.69. The molecule has 176 valence electrons. The summed E-state index contributed by atoms with van der Waals surface area (Å²) in [6.45, 7) is 2.26. The van der Waals surface area contributed by atoms with Crippen LogP contribution in [0.2, 0.25) is 0 Å². The number of alkyl halides is 5. The summed E-state index contributed by atoms with van der Waals surface area (Å²) in [4.78, 5) is 12.0. The molecule has 2 atom stereocenters. The summed E-state index contributed by atoms with van der Waals surface area (Å²) in [5.41, 5.74) is 6.64. The van der Waals surface area contributed by atoms with E-state index < -0.39 is 30.0 Å². The largest absolute Gasteiger partial charge is 0.416 e. The summed E-state index contributed by atoms with van der Waals surface area (Å²) in [6, 6.07) is 9.24. The second-order valence-corrected chi connectivity index (χ2v) is 7.61. The fraction of sp³-hybridized carbons (Fsp3) is 0.435. The number of amides is 1. The van der Waals surface area contributed by atoms with Crippen LogP contribution in [0.1, 0.15) is 50.2 Å². The van der Waals surface area contributed by atoms with E-state index in [1.54, 1.807) is 6.07 Å². The molecular weight excluding hydrogens is 429 g/mol. The molecule has 9 heteroatoms. The summed E-state index contributed by atoms with van der Waals surface area (Å²) in [7, 11) is 0. The lowest BCUT2D eigenvalue weighted by Crippen LogP contribution is -2.32. The number of nitrogens with two attached hydrogens (primary N) is 1. The fourth-order valence-electron chi connectivity index (χ4n) is 3.08. The Bertz CT molecular complexity index is 871. The van der Waals surface area contributed by atoms with Gasteiger partial charge in [-0.05, 0) is 42.3 Å². The number of benzene rings is 2. The third-order valence-corrected chi connectivity index (χ3v) is 4.99. The standard InChI is InChI=1S/C23H28F5N3O/c1-2-3-4-5-6-18(24)21(25)22(32)31-20-12-11-17(13-19(20)29)30-14-15-7-9-16(10-8-15)23(26,27)28/h7-13,18,21,30H,2-6,14,29H2,1H3,(H,31,32). The van der Waals surface area contributed by atoms with Gasteiger partial charge >= 0.3 is 6.18 Å². The first-order valence-corrected chi connectivity index (χ1v) is 10.5. The Morgan fingerprint density at radius 2 is 1.72 bits per heavy atom. The molecule has 2 aromatic rings. The molecule has 2 rings (SSSR count). The van der Waals surface area contributed by atoms with Gasteiger partial charge in [-0.25, -0.2) is 8.78 Å². The highest BCUT2D eigenvalue weighted by atomic mass is 19.4. The normalized spacial score (nSPS) is 13.4. The number of nitrogens with one attached hydrogen (secondary N) is 2. The minimum Gasteiger partial charge on any atom is -0.397 e. The number of halogens is 5. The van der Waals surface area contributed by atoms with Gasteiger partial charge in [0.05, 0.1) is 16.9 Å². The van der Waals surface area contributed by atoms with E-state index in [-0.39, 0.29) is 24.3 Å². The minimum atomic E-state index is -4.39. The van der Waals surface area contributed by atoms with Gasteiger partial charge in [-0.2, -0.15) is 13.2 Å². The number of nitrogen functional groups attached to an aromatic ring is 1. The fourth-order valence-corrected chi connectivity index (χ4v) is 3.08. The van der Waals surface area contributed by atoms with E-state index in [1.807, 2.05) is 6.92 Å². The zero-order valence-corrected chi connectivity index (χ0v) is 17.8. The summed E-state index contributed by atoms with van der Waals surface area (Å²) in [5.74, 6) is -1.09. The topological polar surface area (TPSA) is 67.2 Å². The summed E-state index contributed by atoms with van der Waals surface area (Å²) < 4.78 is 65.9. The van der Waals surface area contributed by atoms with Crippen LogP contribution in [-0.2, 0) is 17.5 Å². The van der Waals surface area contributed by atoms with Gasteiger partial charge in [-0.3, -0.25) is 4.79 Å². The molecule has 0 spiro atoms. The zero-order valence-electron chi connectivity index (χ0n) is 17.8. The van der Waals surface area contributed by atoms with Crippen LogP contribution in [0.3, 0.4) is 0 Å². The van der Waals surface area contributed by atoms with E-state index in [1.165, 1.54) is 24.3 Å². The molecule has 0 aromatic heterocycles. The van der Waals surface area contributed by atoms with Crippen molar-refractivity contribution in [3.63, 3.8) is 0 Å². The molecule has 4 N–H and O–H groups in total. The molecule has 2 aromatic carbocycles. The Balaban J connectivity index is 1.89. The van der Waals surface area contributed by atoms with Gasteiger partial charge in [0.15, 0.2) is 0 Å². The Hall–Kier alpha value is -2.84. The van der Waals surface area contributed by atoms with Gasteiger partial charge in [0, 0.05) is 12.2 Å². The van der Waals surface area contributed by atoms with Crippen LogP contribution in [0.4, 0.5) is 39.0 Å². The van der Waals surface area contributed by atoms with Gasteiger partial charge in [0.2, 0.25) is 6.17 Å². The van der Waals surface area contributed by atoms with Crippen molar-refractivity contribution in [3.8, 4) is 0 Å². The lowest BCUT2D eigenvalue weighted by atomic mass is 10.1. The molecule has 1 amide bonds. The molecule has 0 heterocycles. The molecule has 0 aliphatic rings. The number of hydrogen-bond acceptors (Lipinski definition) is 3. The predicted molar refractivity (Wildman–Crippen MR) is 117 cm³/mol. The molecule has 2 unspecified atom stereocenters. The molecule has 0 bridgehead atoms. The van der Waals surface area contributed by atoms with Crippen molar-refractivity contribution in [2.24, 2.45) is 0 Å². The molecular formula is C23H28F5N3O. The van der Waals surface area contributed by atoms with E-state index >= 15 is 0 Å². The highest BCUT2D eigenvalue weighted by Crippen LogP contribution is 2.29. The number of hydrogen-bond donors (Lipinski definition) is 3. The average Bonchev–Trinajstić information content (AvgIpc) is 2.75. The quantitative estimate of drug-likeness (QED) is 0.205. The highest BCUT2D eigenvalue weighted by molar-refractivity contribution is 5.97. The van der Waals surface area contributed by atoms with Crippen molar-refractivity contribution in [1.29, 1.82) is 0 Å². The summed E-state index contributed by atoms with van der Waals surface area (Å²) in [5, 5.41) is 5.31. The van der Waals surface area contributed by atoms with Crippen molar-refractivity contribution < 1.29 is 26.7 Å². The first-order valence-electron chi connectivity index (χ1n) is 10.5. The Kier molecular flexibility index (Phi) is 9.28. The number of anilines is 3. The lowest BCUT2D eigenvalue weighted by Gasteiger charge is -2.15. The van der Waals surface area contributed by atoms with Crippen LogP contribution in [-0.4, -0.2) is 18.3 Å². The smallest absolute Gasteiger partial charge is 0.397 e. The third-order valence-electron chi connectivity index (χ3n) is 4.99. The average molecular weight is 457 g/mol. The van der Waals surface area contributed by atoms with E-state index in [4.69, 9.17) is 5.73 Å². The first kappa shape index (κ1) is 25.4. The predicted octanol–water partition coefficient (Wildman–Crippen LogP) is 6.48. The molecule has 32 heavy (non-hydrogen) atoms. The number of rotatable bonds is 11. The Morgan fingerprint density at radius 1 is 1.03 bits per heavy atom. The van der Waals surface area contributed by atoms with Crippen molar-refractivity contribution in [1.82, 2.24) is 0 Å². The number of carbonyl (C=O) groups is 1. The number of carbonyl (C=O) groups excluding carboxylic acids is 1. The van der Waals surface area contributed by atoms with Crippen LogP contribution in [0.5, 0.6) is 0 Å². The van der Waals surface area contributed by atoms with E-state index in [0.717, 1.165) is 31.4 Å². The minimum absolute atomic E-state index is 0.0170. The van der Waals surface area contributed by atoms with Gasteiger partial charge in [-0.1, -0.05) is 44.7 Å². The van der Waals surface area contributed by atoms with Crippen molar-refractivity contribution >= 4 is 23.0 Å². The summed E-state index contributed by atoms with van der Waals surface area (Å²) >= 11 is 0. The maximum absolute atomic E-state index is 14.1. The van der Waals surface area contributed by atoms with Crippen LogP contribution in [0, 0.1) is 0 Å². The second-order valence-electron chi connectivity index (χ2n) is 7.61. The zero-order chi connectivity index (χ0) is 23.7. The Labute approximate surface area is 184 Å². The second kappa shape index (κ2) is 11.7. The molecule has 4 nitrogen and oxygen atoms in total. The van der Waals surface area contributed by atoms with Crippen LogP contribution in [0.25, 0.3) is 0 Å². The first-order chi connectivity index (χ1) is 15.1. The SMILES string of the molecule is CCCCCCC(F)C(F)C(=O)Nc1ccc(NCc2ccc(C(F)(F)F)cc2)cc1N. The van der Waals surface area contributed by atoms with Gasteiger partial charge < -0.3 is 16.4 Å².